The fourth-order valence-corrected chi connectivity index (χ4v) is 2.64. The number of hydrogen-bond acceptors (Lipinski definition) is 3. The van der Waals surface area contributed by atoms with Crippen molar-refractivity contribution in [3.8, 4) is 0 Å². The maximum atomic E-state index is 10.6. The van der Waals surface area contributed by atoms with Crippen molar-refractivity contribution in [1.29, 1.82) is 0 Å². The summed E-state index contributed by atoms with van der Waals surface area (Å²) >= 11 is 0. The summed E-state index contributed by atoms with van der Waals surface area (Å²) in [5.74, 6) is -2.76. The van der Waals surface area contributed by atoms with Gasteiger partial charge >= 0.3 is 12.1 Å². The molecule has 10 heteroatoms. The number of rotatable bonds is 12. The van der Waals surface area contributed by atoms with Crippen LogP contribution in [0, 0.1) is 0 Å². The molecule has 6 nitrogen and oxygen atoms in total. The van der Waals surface area contributed by atoms with Crippen molar-refractivity contribution in [3.05, 3.63) is 0 Å². The first kappa shape index (κ1) is 32.8. The van der Waals surface area contributed by atoms with Gasteiger partial charge in [0.05, 0.1) is 32.4 Å². The van der Waals surface area contributed by atoms with Crippen molar-refractivity contribution < 1.29 is 40.5 Å². The van der Waals surface area contributed by atoms with Crippen molar-refractivity contribution in [2.75, 3.05) is 32.4 Å². The lowest BCUT2D eigenvalue weighted by atomic mass is 10.1. The average molecular weight is 453 g/mol. The first-order chi connectivity index (χ1) is 13.2. The molecule has 29 heavy (non-hydrogen) atoms. The number of hydrogen-bond donors (Lipinski definition) is 2. The van der Waals surface area contributed by atoms with Crippen molar-refractivity contribution >= 4 is 16.1 Å². The standard InChI is InChI=1S/C16H36N.C2HF3O2.CH4O3S/c1-5-9-13-17(14-10-6-2,15-11-7-3)16-12-8-4;3-2(4,5)1(6)7;1-5(2,3)4/h5-16H2,1-4H3;(H,6,7);1H3,(H,2,3,4)/q+1;;. The van der Waals surface area contributed by atoms with E-state index in [-0.39, 0.29) is 0 Å². The van der Waals surface area contributed by atoms with E-state index in [4.69, 9.17) is 14.5 Å². The normalized spacial score (nSPS) is 11.8. The molecule has 0 spiro atoms. The van der Waals surface area contributed by atoms with Crippen molar-refractivity contribution in [3.63, 3.8) is 0 Å². The molecule has 178 valence electrons. The zero-order valence-electron chi connectivity index (χ0n) is 18.6. The minimum atomic E-state index is -5.08. The molecule has 0 saturated heterocycles. The van der Waals surface area contributed by atoms with Crippen LogP contribution in [0.25, 0.3) is 0 Å². The molecule has 0 radical (unpaired) electrons. The Bertz CT molecular complexity index is 451. The summed E-state index contributed by atoms with van der Waals surface area (Å²) in [6.45, 7) is 15.0. The summed E-state index contributed by atoms with van der Waals surface area (Å²) < 4.78 is 59.0. The third-order valence-corrected chi connectivity index (χ3v) is 4.19. The van der Waals surface area contributed by atoms with Crippen LogP contribution in [-0.2, 0) is 14.9 Å². The zero-order valence-corrected chi connectivity index (χ0v) is 19.4. The van der Waals surface area contributed by atoms with Crippen LogP contribution in [0.15, 0.2) is 0 Å². The molecule has 0 aliphatic carbocycles. The summed E-state index contributed by atoms with van der Waals surface area (Å²) in [4.78, 5) is 8.90. The highest BCUT2D eigenvalue weighted by Crippen LogP contribution is 2.16. The van der Waals surface area contributed by atoms with E-state index >= 15 is 0 Å². The second-order valence-electron chi connectivity index (χ2n) is 7.19. The molecule has 0 heterocycles. The van der Waals surface area contributed by atoms with E-state index in [2.05, 4.69) is 27.7 Å². The van der Waals surface area contributed by atoms with E-state index in [1.54, 1.807) is 0 Å². The lowest BCUT2D eigenvalue weighted by molar-refractivity contribution is -0.929. The summed E-state index contributed by atoms with van der Waals surface area (Å²) in [6, 6.07) is 0. The predicted molar refractivity (Wildman–Crippen MR) is 111 cm³/mol. The SMILES string of the molecule is CCCC[N+](CCCC)(CCCC)CCCC.CS(=O)(=O)O.O=C(O)C(F)(F)F. The monoisotopic (exact) mass is 452 g/mol. The molecular weight excluding hydrogens is 411 g/mol. The number of aliphatic carboxylic acids is 1. The number of halogens is 3. The molecule has 0 aromatic rings. The molecule has 0 rings (SSSR count). The molecule has 0 aromatic heterocycles. The maximum Gasteiger partial charge on any atom is 0.490 e. The van der Waals surface area contributed by atoms with E-state index in [1.165, 1.54) is 82.0 Å². The Morgan fingerprint density at radius 1 is 0.793 bits per heavy atom. The smallest absolute Gasteiger partial charge is 0.475 e. The third-order valence-electron chi connectivity index (χ3n) is 4.19. The molecule has 0 saturated carbocycles. The van der Waals surface area contributed by atoms with Crippen LogP contribution in [-0.4, -0.2) is 67.1 Å². The van der Waals surface area contributed by atoms with Gasteiger partial charge in [-0.05, 0) is 25.7 Å². The fourth-order valence-electron chi connectivity index (χ4n) is 2.64. The summed E-state index contributed by atoms with van der Waals surface area (Å²) in [5.41, 5.74) is 0. The number of unbranched alkanes of at least 4 members (excludes halogenated alkanes) is 4. The quantitative estimate of drug-likeness (QED) is 0.316. The minimum absolute atomic E-state index is 0.715. The van der Waals surface area contributed by atoms with Gasteiger partial charge < -0.3 is 9.59 Å². The number of carboxylic acid groups (broad SMARTS) is 1. The van der Waals surface area contributed by atoms with Gasteiger partial charge in [-0.15, -0.1) is 0 Å². The van der Waals surface area contributed by atoms with E-state index in [1.807, 2.05) is 0 Å². The Hall–Kier alpha value is -0.870. The highest BCUT2D eigenvalue weighted by Gasteiger charge is 2.38. The first-order valence-corrected chi connectivity index (χ1v) is 12.1. The van der Waals surface area contributed by atoms with Crippen molar-refractivity contribution in [2.45, 2.75) is 85.2 Å². The van der Waals surface area contributed by atoms with Gasteiger partial charge in [-0.25, -0.2) is 4.79 Å². The van der Waals surface area contributed by atoms with Gasteiger partial charge in [0, 0.05) is 0 Å². The van der Waals surface area contributed by atoms with Gasteiger partial charge in [0.1, 0.15) is 0 Å². The third kappa shape index (κ3) is 27.1. The molecule has 2 N–H and O–H groups in total. The Kier molecular flexibility index (Phi) is 20.3. The average Bonchev–Trinajstić information content (AvgIpc) is 2.59. The highest BCUT2D eigenvalue weighted by atomic mass is 32.2. The number of nitrogens with zero attached hydrogens (tertiary/aromatic N) is 1. The summed E-state index contributed by atoms with van der Waals surface area (Å²) in [7, 11) is -3.67. The van der Waals surface area contributed by atoms with Crippen LogP contribution in [0.4, 0.5) is 13.2 Å². The maximum absolute atomic E-state index is 10.6. The molecular formula is C19H41F3NO5S+. The van der Waals surface area contributed by atoms with Crippen LogP contribution in [0.5, 0.6) is 0 Å². The van der Waals surface area contributed by atoms with E-state index in [9.17, 15) is 21.6 Å². The number of quaternary nitrogens is 1. The van der Waals surface area contributed by atoms with Crippen molar-refractivity contribution in [1.82, 2.24) is 0 Å². The van der Waals surface area contributed by atoms with Crippen molar-refractivity contribution in [2.24, 2.45) is 0 Å². The van der Waals surface area contributed by atoms with Gasteiger partial charge in [0.25, 0.3) is 10.1 Å². The largest absolute Gasteiger partial charge is 0.490 e. The lowest BCUT2D eigenvalue weighted by Gasteiger charge is -2.39. The Balaban J connectivity index is -0.000000461. The molecule has 0 aliphatic heterocycles. The molecule has 0 aromatic carbocycles. The van der Waals surface area contributed by atoms with Gasteiger partial charge in [-0.2, -0.15) is 21.6 Å². The van der Waals surface area contributed by atoms with Crippen LogP contribution in [0.2, 0.25) is 0 Å². The van der Waals surface area contributed by atoms with Crippen LogP contribution < -0.4 is 0 Å². The lowest BCUT2D eigenvalue weighted by Crippen LogP contribution is -2.50. The fraction of sp³-hybridized carbons (Fsp3) is 0.947. The van der Waals surface area contributed by atoms with E-state index < -0.39 is 22.3 Å². The molecule has 0 atom stereocenters. The summed E-state index contributed by atoms with van der Waals surface area (Å²) in [6.07, 6.45) is 6.69. The summed E-state index contributed by atoms with van der Waals surface area (Å²) in [5, 5.41) is 7.12. The predicted octanol–water partition coefficient (Wildman–Crippen LogP) is 5.14. The first-order valence-electron chi connectivity index (χ1n) is 10.3. The second kappa shape index (κ2) is 17.9. The molecule has 0 aliphatic rings. The van der Waals surface area contributed by atoms with Gasteiger partial charge in [-0.1, -0.05) is 53.4 Å². The van der Waals surface area contributed by atoms with Crippen LogP contribution in [0.3, 0.4) is 0 Å². The molecule has 0 amide bonds. The Morgan fingerprint density at radius 3 is 1.07 bits per heavy atom. The van der Waals surface area contributed by atoms with Gasteiger partial charge in [0.2, 0.25) is 0 Å². The van der Waals surface area contributed by atoms with E-state index in [0.717, 1.165) is 0 Å². The number of alkyl halides is 3. The Morgan fingerprint density at radius 2 is 0.966 bits per heavy atom. The van der Waals surface area contributed by atoms with Crippen LogP contribution in [0.1, 0.15) is 79.1 Å². The highest BCUT2D eigenvalue weighted by molar-refractivity contribution is 7.85. The number of carboxylic acids is 1. The van der Waals surface area contributed by atoms with E-state index in [0.29, 0.717) is 6.26 Å². The van der Waals surface area contributed by atoms with Gasteiger partial charge in [-0.3, -0.25) is 4.55 Å². The number of carbonyl (C=O) groups is 1. The molecule has 0 unspecified atom stereocenters. The Labute approximate surface area is 174 Å². The van der Waals surface area contributed by atoms with Gasteiger partial charge in [0.15, 0.2) is 0 Å². The second-order valence-corrected chi connectivity index (χ2v) is 8.65. The topological polar surface area (TPSA) is 91.7 Å². The molecule has 0 bridgehead atoms. The minimum Gasteiger partial charge on any atom is -0.475 e. The molecule has 0 fully saturated rings. The zero-order chi connectivity index (χ0) is 23.6. The van der Waals surface area contributed by atoms with Crippen LogP contribution >= 0.6 is 0 Å².